The Morgan fingerprint density at radius 3 is 1.00 bits per heavy atom. The van der Waals surface area contributed by atoms with Gasteiger partial charge in [0.15, 0.2) is 0 Å². The van der Waals surface area contributed by atoms with Gasteiger partial charge in [-0.3, -0.25) is 0 Å². The van der Waals surface area contributed by atoms with E-state index in [1.165, 1.54) is 0 Å². The Balaban J connectivity index is 0. The predicted octanol–water partition coefficient (Wildman–Crippen LogP) is 0.146. The minimum Gasteiger partial charge on any atom is 0 e. The number of hydrogen-bond acceptors (Lipinski definition) is 0. The summed E-state index contributed by atoms with van der Waals surface area (Å²) in [5.74, 6) is 0. The molecule has 0 atom stereocenters. The van der Waals surface area contributed by atoms with Gasteiger partial charge in [0, 0.05) is 65.7 Å². The van der Waals surface area contributed by atoms with Crippen LogP contribution in [0.3, 0.4) is 0 Å². The van der Waals surface area contributed by atoms with E-state index in [-0.39, 0.29) is 65.7 Å². The third-order valence-corrected chi connectivity index (χ3v) is 0. The number of rotatable bonds is 0. The average Bonchev–Trinajstić information content (AvgIpc) is 0. The zero-order valence-corrected chi connectivity index (χ0v) is 9.69. The van der Waals surface area contributed by atoms with Crippen molar-refractivity contribution in [3.8, 4) is 0 Å². The summed E-state index contributed by atoms with van der Waals surface area (Å²) >= 11 is 0. The Hall–Kier alpha value is 1.86. The summed E-state index contributed by atoms with van der Waals surface area (Å²) in [5, 5.41) is 0. The molecule has 0 N–H and O–H groups in total. The largest absolute Gasteiger partial charge is 0 e. The molecule has 0 saturated heterocycles. The van der Waals surface area contributed by atoms with Crippen LogP contribution in [-0.4, -0.2) is 27.3 Å². The van der Waals surface area contributed by atoms with Crippen LogP contribution in [0.5, 0.6) is 0 Å². The van der Waals surface area contributed by atoms with Gasteiger partial charge in [-0.05, 0) is 0 Å². The Labute approximate surface area is 65.2 Å². The van der Waals surface area contributed by atoms with E-state index in [4.69, 9.17) is 0 Å². The Morgan fingerprint density at radius 2 is 1.00 bits per heavy atom. The van der Waals surface area contributed by atoms with Crippen molar-refractivity contribution in [3.05, 3.63) is 0 Å². The zero-order chi connectivity index (χ0) is 0. The van der Waals surface area contributed by atoms with Crippen molar-refractivity contribution in [3.63, 3.8) is 0 Å². The predicted molar refractivity (Wildman–Crippen MR) is 14.0 cm³/mol. The molecule has 0 rings (SSSR count). The van der Waals surface area contributed by atoms with Crippen molar-refractivity contribution in [2.24, 2.45) is 0 Å². The maximum absolute atomic E-state index is 0. The fraction of sp³-hybridized carbons (Fsp3) is 0. The first-order chi connectivity index (χ1) is 0. The van der Waals surface area contributed by atoms with Gasteiger partial charge in [0.25, 0.3) is 0 Å². The van der Waals surface area contributed by atoms with Crippen LogP contribution in [0.25, 0.3) is 0 Å². The molecule has 0 aromatic heterocycles. The van der Waals surface area contributed by atoms with E-state index in [9.17, 15) is 0 Å². The van der Waals surface area contributed by atoms with Crippen LogP contribution in [0.1, 0.15) is 0 Å². The van der Waals surface area contributed by atoms with Crippen molar-refractivity contribution < 1.29 is 25.0 Å². The van der Waals surface area contributed by atoms with Crippen LogP contribution < -0.4 is 0 Å². The monoisotopic (exact) mass is 320 g/mol. The van der Waals surface area contributed by atoms with Crippen molar-refractivity contribution in [2.75, 3.05) is 0 Å². The Bertz CT molecular complexity index is 8.00. The first kappa shape index (κ1) is 40.1. The quantitative estimate of drug-likeness (QED) is 0.569. The third kappa shape index (κ3) is 9.13. The standard InChI is InChI=1S/O.Pb.S.Zn. The second-order valence-electron chi connectivity index (χ2n) is 0. The van der Waals surface area contributed by atoms with Crippen LogP contribution in [0.4, 0.5) is 0 Å². The molecule has 0 saturated carbocycles. The molecule has 0 unspecified atom stereocenters. The van der Waals surface area contributed by atoms with E-state index >= 15 is 0 Å². The van der Waals surface area contributed by atoms with Gasteiger partial charge in [-0.1, -0.05) is 0 Å². The molecule has 0 amide bonds. The molecule has 8 radical (unpaired) electrons. The maximum Gasteiger partial charge on any atom is 0 e. The number of hydrogen-bond donors (Lipinski definition) is 0. The molecule has 4 heavy (non-hydrogen) atoms. The third-order valence-electron chi connectivity index (χ3n) is 0. The van der Waals surface area contributed by atoms with E-state index in [1.807, 2.05) is 0 Å². The molecule has 0 heterocycles. The summed E-state index contributed by atoms with van der Waals surface area (Å²) in [4.78, 5) is 0. The van der Waals surface area contributed by atoms with Crippen molar-refractivity contribution >= 4 is 40.8 Å². The van der Waals surface area contributed by atoms with Crippen molar-refractivity contribution in [1.82, 2.24) is 0 Å². The van der Waals surface area contributed by atoms with E-state index in [2.05, 4.69) is 0 Å². The summed E-state index contributed by atoms with van der Waals surface area (Å²) in [6, 6.07) is 0. The van der Waals surface area contributed by atoms with Crippen LogP contribution in [0, 0.1) is 0 Å². The van der Waals surface area contributed by atoms with Gasteiger partial charge in [-0.25, -0.2) is 0 Å². The minimum absolute atomic E-state index is 0. The summed E-state index contributed by atoms with van der Waals surface area (Å²) in [5.41, 5.74) is 0. The molecule has 0 aliphatic carbocycles. The van der Waals surface area contributed by atoms with Gasteiger partial charge in [-0.2, -0.15) is 0 Å². The van der Waals surface area contributed by atoms with Gasteiger partial charge >= 0.3 is 0 Å². The fourth-order valence-electron chi connectivity index (χ4n) is 0. The van der Waals surface area contributed by atoms with Gasteiger partial charge in [0.2, 0.25) is 0 Å². The molecule has 0 spiro atoms. The molecule has 0 aromatic carbocycles. The van der Waals surface area contributed by atoms with Gasteiger partial charge < -0.3 is 0 Å². The normalized spacial score (nSPS) is 0. The van der Waals surface area contributed by atoms with E-state index in [1.54, 1.807) is 0 Å². The van der Waals surface area contributed by atoms with Crippen molar-refractivity contribution in [1.29, 1.82) is 0 Å². The molecule has 0 aliphatic heterocycles. The summed E-state index contributed by atoms with van der Waals surface area (Å²) in [6.07, 6.45) is 0. The SMILES string of the molecule is [O].[Pb].[S].[Zn]. The zero-order valence-electron chi connectivity index (χ0n) is 2.02. The maximum atomic E-state index is 0. The second kappa shape index (κ2) is 21.0. The molecular formula is OPbSZn. The second-order valence-corrected chi connectivity index (χ2v) is 0. The molecular weight excluding hydrogens is 321 g/mol. The van der Waals surface area contributed by atoms with Gasteiger partial charge in [0.1, 0.15) is 0 Å². The van der Waals surface area contributed by atoms with E-state index < -0.39 is 0 Å². The smallest absolute Gasteiger partial charge is 0 e. The summed E-state index contributed by atoms with van der Waals surface area (Å²) in [7, 11) is 0. The Kier molecular flexibility index (Phi) is 210. The van der Waals surface area contributed by atoms with Gasteiger partial charge in [-0.15, -0.1) is 0 Å². The van der Waals surface area contributed by atoms with E-state index in [0.717, 1.165) is 0 Å². The summed E-state index contributed by atoms with van der Waals surface area (Å²) in [6.45, 7) is 0. The first-order valence-corrected chi connectivity index (χ1v) is 0. The minimum atomic E-state index is 0. The van der Waals surface area contributed by atoms with E-state index in [0.29, 0.717) is 0 Å². The Morgan fingerprint density at radius 1 is 1.00 bits per heavy atom. The molecule has 4 heteroatoms. The molecule has 0 aliphatic rings. The van der Waals surface area contributed by atoms with Gasteiger partial charge in [0.05, 0.1) is 0 Å². The fourth-order valence-corrected chi connectivity index (χ4v) is 0. The van der Waals surface area contributed by atoms with Crippen LogP contribution in [-0.2, 0) is 25.0 Å². The molecule has 0 bridgehead atoms. The van der Waals surface area contributed by atoms with Crippen molar-refractivity contribution in [2.45, 2.75) is 0 Å². The summed E-state index contributed by atoms with van der Waals surface area (Å²) < 4.78 is 0. The molecule has 0 fully saturated rings. The molecule has 18 valence electrons. The first-order valence-electron chi connectivity index (χ1n) is 0. The van der Waals surface area contributed by atoms with Crippen LogP contribution in [0.2, 0.25) is 0 Å². The molecule has 1 nitrogen and oxygen atoms in total. The molecule has 0 aromatic rings. The average molecular weight is 321 g/mol. The topological polar surface area (TPSA) is 28.5 Å². The van der Waals surface area contributed by atoms with Crippen LogP contribution >= 0.6 is 13.5 Å². The van der Waals surface area contributed by atoms with Crippen LogP contribution in [0.15, 0.2) is 0 Å².